The van der Waals surface area contributed by atoms with Crippen LogP contribution in [-0.2, 0) is 6.18 Å². The lowest BCUT2D eigenvalue weighted by Crippen LogP contribution is -2.26. The van der Waals surface area contributed by atoms with Crippen molar-refractivity contribution in [1.29, 1.82) is 0 Å². The Morgan fingerprint density at radius 2 is 1.95 bits per heavy atom. The molecule has 0 unspecified atom stereocenters. The quantitative estimate of drug-likeness (QED) is 0.843. The molecule has 0 spiro atoms. The van der Waals surface area contributed by atoms with Crippen molar-refractivity contribution in [2.24, 2.45) is 5.73 Å². The molecule has 0 bridgehead atoms. The molecule has 0 saturated heterocycles. The number of hydrogen-bond acceptors (Lipinski definition) is 2. The van der Waals surface area contributed by atoms with Gasteiger partial charge in [0.25, 0.3) is 0 Å². The average Bonchev–Trinajstić information content (AvgIpc) is 2.33. The van der Waals surface area contributed by atoms with E-state index in [2.05, 4.69) is 0 Å². The number of halogens is 5. The summed E-state index contributed by atoms with van der Waals surface area (Å²) < 4.78 is 37.6. The first-order valence-corrected chi connectivity index (χ1v) is 6.45. The predicted octanol–water partition coefficient (Wildman–Crippen LogP) is 4.33. The lowest BCUT2D eigenvalue weighted by Gasteiger charge is -2.20. The SMILES string of the molecule is CCCC[C@@H](O)[C@@H](N)c1ccc(C(F)(F)F)c(Cl)c1.Cl. The number of alkyl halides is 3. The maximum absolute atomic E-state index is 12.5. The molecule has 0 aliphatic heterocycles. The molecule has 0 aliphatic carbocycles. The fourth-order valence-corrected chi connectivity index (χ4v) is 2.08. The Kier molecular flexibility index (Phi) is 7.88. The zero-order valence-corrected chi connectivity index (χ0v) is 12.5. The average molecular weight is 332 g/mol. The van der Waals surface area contributed by atoms with Crippen LogP contribution < -0.4 is 5.73 Å². The number of aliphatic hydroxyl groups is 1. The van der Waals surface area contributed by atoms with Gasteiger partial charge in [-0.05, 0) is 24.1 Å². The van der Waals surface area contributed by atoms with E-state index in [9.17, 15) is 18.3 Å². The van der Waals surface area contributed by atoms with Crippen LogP contribution in [0.2, 0.25) is 5.02 Å². The van der Waals surface area contributed by atoms with Crippen molar-refractivity contribution in [2.45, 2.75) is 44.5 Å². The van der Waals surface area contributed by atoms with Gasteiger partial charge < -0.3 is 10.8 Å². The highest BCUT2D eigenvalue weighted by molar-refractivity contribution is 6.31. The van der Waals surface area contributed by atoms with Crippen molar-refractivity contribution in [1.82, 2.24) is 0 Å². The van der Waals surface area contributed by atoms with E-state index in [0.717, 1.165) is 18.9 Å². The summed E-state index contributed by atoms with van der Waals surface area (Å²) in [6.45, 7) is 1.98. The largest absolute Gasteiger partial charge is 0.417 e. The zero-order chi connectivity index (χ0) is 14.6. The molecule has 7 heteroatoms. The van der Waals surface area contributed by atoms with Gasteiger partial charge in [-0.1, -0.05) is 37.4 Å². The van der Waals surface area contributed by atoms with E-state index < -0.39 is 28.9 Å². The van der Waals surface area contributed by atoms with Crippen LogP contribution in [0.5, 0.6) is 0 Å². The summed E-state index contributed by atoms with van der Waals surface area (Å²) in [4.78, 5) is 0. The molecule has 0 saturated carbocycles. The summed E-state index contributed by atoms with van der Waals surface area (Å²) in [5, 5.41) is 9.43. The molecule has 0 radical (unpaired) electrons. The zero-order valence-electron chi connectivity index (χ0n) is 11.0. The first kappa shape index (κ1) is 19.5. The molecule has 0 amide bonds. The van der Waals surface area contributed by atoms with Gasteiger partial charge in [0, 0.05) is 0 Å². The third-order valence-electron chi connectivity index (χ3n) is 2.95. The standard InChI is InChI=1S/C13H17ClF3NO.ClH/c1-2-3-4-11(19)12(18)8-5-6-9(10(14)7-8)13(15,16)17;/h5-7,11-12,19H,2-4,18H2,1H3;1H/t11-,12+;/m1./s1. The van der Waals surface area contributed by atoms with E-state index in [4.69, 9.17) is 17.3 Å². The van der Waals surface area contributed by atoms with Crippen LogP contribution in [0.25, 0.3) is 0 Å². The second kappa shape index (κ2) is 8.08. The van der Waals surface area contributed by atoms with Crippen LogP contribution in [0.3, 0.4) is 0 Å². The topological polar surface area (TPSA) is 46.2 Å². The number of rotatable bonds is 5. The van der Waals surface area contributed by atoms with Gasteiger partial charge in [0.1, 0.15) is 0 Å². The molecular weight excluding hydrogens is 314 g/mol. The molecule has 0 fully saturated rings. The lowest BCUT2D eigenvalue weighted by atomic mass is 9.97. The number of unbranched alkanes of at least 4 members (excludes halogenated alkanes) is 1. The highest BCUT2D eigenvalue weighted by Gasteiger charge is 2.33. The molecule has 116 valence electrons. The van der Waals surface area contributed by atoms with E-state index >= 15 is 0 Å². The van der Waals surface area contributed by atoms with Crippen molar-refractivity contribution in [3.63, 3.8) is 0 Å². The Balaban J connectivity index is 0.00000361. The van der Waals surface area contributed by atoms with Gasteiger partial charge in [-0.3, -0.25) is 0 Å². The summed E-state index contributed by atoms with van der Waals surface area (Å²) in [5.41, 5.74) is 5.33. The van der Waals surface area contributed by atoms with Gasteiger partial charge in [0.05, 0.1) is 22.7 Å². The first-order chi connectivity index (χ1) is 8.77. The fourth-order valence-electron chi connectivity index (χ4n) is 1.78. The second-order valence-corrected chi connectivity index (χ2v) is 4.88. The lowest BCUT2D eigenvalue weighted by molar-refractivity contribution is -0.137. The Bertz CT molecular complexity index is 427. The Morgan fingerprint density at radius 3 is 2.40 bits per heavy atom. The molecule has 1 aromatic carbocycles. The van der Waals surface area contributed by atoms with Gasteiger partial charge >= 0.3 is 6.18 Å². The highest BCUT2D eigenvalue weighted by Crippen LogP contribution is 2.36. The van der Waals surface area contributed by atoms with E-state index in [-0.39, 0.29) is 12.4 Å². The summed E-state index contributed by atoms with van der Waals surface area (Å²) in [5.74, 6) is 0. The first-order valence-electron chi connectivity index (χ1n) is 6.07. The Morgan fingerprint density at radius 1 is 1.35 bits per heavy atom. The molecule has 0 aliphatic rings. The number of hydrogen-bond donors (Lipinski definition) is 2. The molecule has 0 aromatic heterocycles. The minimum atomic E-state index is -4.49. The van der Waals surface area contributed by atoms with Gasteiger partial charge in [0.2, 0.25) is 0 Å². The van der Waals surface area contributed by atoms with Crippen LogP contribution in [0.4, 0.5) is 13.2 Å². The van der Waals surface area contributed by atoms with Crippen LogP contribution in [0, 0.1) is 0 Å². The number of benzene rings is 1. The maximum atomic E-state index is 12.5. The molecule has 0 heterocycles. The minimum Gasteiger partial charge on any atom is -0.391 e. The van der Waals surface area contributed by atoms with Gasteiger partial charge in [-0.15, -0.1) is 12.4 Å². The summed E-state index contributed by atoms with van der Waals surface area (Å²) >= 11 is 5.61. The Labute approximate surface area is 127 Å². The van der Waals surface area contributed by atoms with E-state index in [1.165, 1.54) is 12.1 Å². The molecular formula is C13H18Cl2F3NO. The van der Waals surface area contributed by atoms with Gasteiger partial charge in [-0.25, -0.2) is 0 Å². The summed E-state index contributed by atoms with van der Waals surface area (Å²) in [6.07, 6.45) is -3.04. The molecule has 1 rings (SSSR count). The van der Waals surface area contributed by atoms with Crippen molar-refractivity contribution in [2.75, 3.05) is 0 Å². The van der Waals surface area contributed by atoms with Crippen molar-refractivity contribution >= 4 is 24.0 Å². The Hall–Kier alpha value is -0.490. The van der Waals surface area contributed by atoms with E-state index in [1.54, 1.807) is 0 Å². The monoisotopic (exact) mass is 331 g/mol. The molecule has 3 N–H and O–H groups in total. The third-order valence-corrected chi connectivity index (χ3v) is 3.26. The molecule has 2 atom stereocenters. The maximum Gasteiger partial charge on any atom is 0.417 e. The number of nitrogens with two attached hydrogens (primary N) is 1. The van der Waals surface area contributed by atoms with Crippen LogP contribution in [-0.4, -0.2) is 11.2 Å². The summed E-state index contributed by atoms with van der Waals surface area (Å²) in [7, 11) is 0. The second-order valence-electron chi connectivity index (χ2n) is 4.47. The molecule has 1 aromatic rings. The third kappa shape index (κ3) is 5.13. The smallest absolute Gasteiger partial charge is 0.391 e. The van der Waals surface area contributed by atoms with Crippen molar-refractivity contribution in [3.05, 3.63) is 34.3 Å². The van der Waals surface area contributed by atoms with Crippen LogP contribution in [0.15, 0.2) is 18.2 Å². The normalized spacial score (nSPS) is 14.6. The minimum absolute atomic E-state index is 0. The molecule has 2 nitrogen and oxygen atoms in total. The number of aliphatic hydroxyl groups excluding tert-OH is 1. The van der Waals surface area contributed by atoms with Gasteiger partial charge in [-0.2, -0.15) is 13.2 Å². The highest BCUT2D eigenvalue weighted by atomic mass is 35.5. The van der Waals surface area contributed by atoms with Crippen LogP contribution >= 0.6 is 24.0 Å². The van der Waals surface area contributed by atoms with E-state index in [1.807, 2.05) is 6.92 Å². The van der Waals surface area contributed by atoms with Crippen LogP contribution in [0.1, 0.15) is 43.4 Å². The van der Waals surface area contributed by atoms with Gasteiger partial charge in [0.15, 0.2) is 0 Å². The van der Waals surface area contributed by atoms with Crippen molar-refractivity contribution in [3.8, 4) is 0 Å². The molecule has 20 heavy (non-hydrogen) atoms. The fraction of sp³-hybridized carbons (Fsp3) is 0.538. The van der Waals surface area contributed by atoms with E-state index in [0.29, 0.717) is 12.0 Å². The summed E-state index contributed by atoms with van der Waals surface area (Å²) in [6, 6.07) is 2.59. The van der Waals surface area contributed by atoms with Crippen molar-refractivity contribution < 1.29 is 18.3 Å². The predicted molar refractivity (Wildman–Crippen MR) is 76.2 cm³/mol.